The molecule has 0 aliphatic carbocycles. The van der Waals surface area contributed by atoms with Crippen LogP contribution < -0.4 is 4.90 Å². The van der Waals surface area contributed by atoms with Crippen LogP contribution in [0.25, 0.3) is 0 Å². The van der Waals surface area contributed by atoms with Crippen molar-refractivity contribution in [2.45, 2.75) is 11.8 Å². The van der Waals surface area contributed by atoms with E-state index in [-0.39, 0.29) is 30.6 Å². The maximum Gasteiger partial charge on any atom is 0.240 e. The Labute approximate surface area is 107 Å². The van der Waals surface area contributed by atoms with E-state index in [0.717, 1.165) is 0 Å². The van der Waals surface area contributed by atoms with Gasteiger partial charge in [0.1, 0.15) is 5.75 Å². The number of aliphatic hydroxyl groups is 1. The Balaban J connectivity index is 2.54. The third-order valence-electron chi connectivity index (χ3n) is 2.78. The molecule has 1 heterocycles. The lowest BCUT2D eigenvalue weighted by Crippen LogP contribution is -2.40. The molecule has 0 saturated carbocycles. The largest absolute Gasteiger partial charge is 0.395 e. The van der Waals surface area contributed by atoms with Crippen LogP contribution in [0.2, 0.25) is 0 Å². The normalized spacial score (nSPS) is 18.7. The Bertz CT molecular complexity index is 541. The van der Waals surface area contributed by atoms with Crippen molar-refractivity contribution >= 4 is 28.2 Å². The van der Waals surface area contributed by atoms with Crippen LogP contribution in [0.3, 0.4) is 0 Å². The fourth-order valence-corrected chi connectivity index (χ4v) is 3.04. The summed E-state index contributed by atoms with van der Waals surface area (Å²) in [5.41, 5.74) is 0.926. The molecule has 1 unspecified atom stereocenters. The molecule has 0 aromatic heterocycles. The van der Waals surface area contributed by atoms with Gasteiger partial charge in [0.15, 0.2) is 5.78 Å². The zero-order valence-electron chi connectivity index (χ0n) is 9.88. The molecule has 6 heteroatoms. The van der Waals surface area contributed by atoms with Crippen LogP contribution >= 0.6 is 0 Å². The second-order valence-corrected chi connectivity index (χ2v) is 5.42. The van der Waals surface area contributed by atoms with Crippen molar-refractivity contribution in [1.82, 2.24) is 0 Å². The van der Waals surface area contributed by atoms with Crippen LogP contribution in [-0.4, -0.2) is 39.9 Å². The van der Waals surface area contributed by atoms with Crippen molar-refractivity contribution in [3.63, 3.8) is 0 Å². The van der Waals surface area contributed by atoms with Crippen LogP contribution in [-0.2, 0) is 15.6 Å². The molecule has 1 atom stereocenters. The third-order valence-corrected chi connectivity index (χ3v) is 4.13. The molecule has 0 radical (unpaired) electrons. The Morgan fingerprint density at radius 2 is 2.22 bits per heavy atom. The van der Waals surface area contributed by atoms with E-state index in [2.05, 4.69) is 0 Å². The maximum absolute atomic E-state index is 11.8. The number of aliphatic hydroxyl groups excluding tert-OH is 1. The first-order valence-corrected chi connectivity index (χ1v) is 6.81. The minimum Gasteiger partial charge on any atom is -0.395 e. The van der Waals surface area contributed by atoms with E-state index in [0.29, 0.717) is 16.1 Å². The lowest BCUT2D eigenvalue weighted by Gasteiger charge is -2.28. The van der Waals surface area contributed by atoms with E-state index >= 15 is 0 Å². The smallest absolute Gasteiger partial charge is 0.240 e. The molecule has 2 rings (SSSR count). The van der Waals surface area contributed by atoms with Gasteiger partial charge in [-0.05, 0) is 19.1 Å². The molecule has 0 spiro atoms. The van der Waals surface area contributed by atoms with Gasteiger partial charge < -0.3 is 10.0 Å². The number of hydrogen-bond acceptors (Lipinski definition) is 4. The van der Waals surface area contributed by atoms with Gasteiger partial charge in [-0.1, -0.05) is 6.07 Å². The summed E-state index contributed by atoms with van der Waals surface area (Å²) in [5.74, 6) is -0.493. The van der Waals surface area contributed by atoms with Crippen molar-refractivity contribution in [3.8, 4) is 0 Å². The standard InChI is InChI=1S/C12H13NO4S/c1-8(15)9-2-3-11-10(6-9)13(4-5-14)12(16)7-18(11)17/h2-3,6,14H,4-5,7H2,1H3. The molecular weight excluding hydrogens is 254 g/mol. The zero-order valence-corrected chi connectivity index (χ0v) is 10.7. The van der Waals surface area contributed by atoms with Gasteiger partial charge in [0.2, 0.25) is 5.91 Å². The van der Waals surface area contributed by atoms with Crippen LogP contribution in [0.5, 0.6) is 0 Å². The number of hydrogen-bond donors (Lipinski definition) is 1. The lowest BCUT2D eigenvalue weighted by molar-refractivity contribution is -0.116. The molecule has 1 aliphatic rings. The number of carbonyl (C=O) groups is 2. The van der Waals surface area contributed by atoms with E-state index in [9.17, 15) is 13.8 Å². The number of anilines is 1. The van der Waals surface area contributed by atoms with E-state index < -0.39 is 10.8 Å². The summed E-state index contributed by atoms with van der Waals surface area (Å²) in [6.45, 7) is 1.40. The van der Waals surface area contributed by atoms with Gasteiger partial charge in [-0.15, -0.1) is 0 Å². The summed E-state index contributed by atoms with van der Waals surface area (Å²) in [6.07, 6.45) is 0. The van der Waals surface area contributed by atoms with Crippen molar-refractivity contribution in [3.05, 3.63) is 23.8 Å². The molecule has 18 heavy (non-hydrogen) atoms. The van der Waals surface area contributed by atoms with Gasteiger partial charge in [0, 0.05) is 12.1 Å². The van der Waals surface area contributed by atoms with Crippen molar-refractivity contribution in [2.75, 3.05) is 23.8 Å². The summed E-state index contributed by atoms with van der Waals surface area (Å²) < 4.78 is 11.8. The van der Waals surface area contributed by atoms with Crippen LogP contribution in [0.4, 0.5) is 5.69 Å². The van der Waals surface area contributed by atoms with Crippen LogP contribution in [0, 0.1) is 0 Å². The number of amides is 1. The average Bonchev–Trinajstić information content (AvgIpc) is 2.33. The predicted octanol–water partition coefficient (Wildman–Crippen LogP) is 0.336. The SMILES string of the molecule is CC(=O)c1ccc2c(c1)N(CCO)C(=O)CS2=O. The summed E-state index contributed by atoms with van der Waals surface area (Å²) >= 11 is 0. The van der Waals surface area contributed by atoms with Gasteiger partial charge in [0.25, 0.3) is 0 Å². The van der Waals surface area contributed by atoms with Gasteiger partial charge in [0.05, 0.1) is 28.0 Å². The van der Waals surface area contributed by atoms with Crippen molar-refractivity contribution in [1.29, 1.82) is 0 Å². The van der Waals surface area contributed by atoms with Gasteiger partial charge in [-0.25, -0.2) is 0 Å². The highest BCUT2D eigenvalue weighted by Gasteiger charge is 2.29. The second-order valence-electron chi connectivity index (χ2n) is 4.00. The third kappa shape index (κ3) is 2.21. The molecular formula is C12H13NO4S. The number of ketones is 1. The van der Waals surface area contributed by atoms with Crippen LogP contribution in [0.1, 0.15) is 17.3 Å². The molecule has 1 aromatic carbocycles. The fraction of sp³-hybridized carbons (Fsp3) is 0.333. The molecule has 1 aromatic rings. The number of benzene rings is 1. The van der Waals surface area contributed by atoms with E-state index in [1.54, 1.807) is 18.2 Å². The fourth-order valence-electron chi connectivity index (χ4n) is 1.89. The van der Waals surface area contributed by atoms with Crippen molar-refractivity contribution < 1.29 is 18.9 Å². The minimum atomic E-state index is -1.38. The Hall–Kier alpha value is -1.53. The monoisotopic (exact) mass is 267 g/mol. The van der Waals surface area contributed by atoms with E-state index in [1.165, 1.54) is 11.8 Å². The van der Waals surface area contributed by atoms with Crippen LogP contribution in [0.15, 0.2) is 23.1 Å². The summed E-state index contributed by atoms with van der Waals surface area (Å²) in [4.78, 5) is 25.0. The number of β-amino-alcohol motifs (C(OH)–C–C–N with tert-alkyl or cyclic N) is 1. The Kier molecular flexibility index (Phi) is 3.58. The number of nitrogens with zero attached hydrogens (tertiary/aromatic N) is 1. The van der Waals surface area contributed by atoms with E-state index in [1.807, 2.05) is 0 Å². The molecule has 1 N–H and O–H groups in total. The molecule has 1 aliphatic heterocycles. The number of Topliss-reactive ketones (excluding diaryl/α,β-unsaturated/α-hetero) is 1. The van der Waals surface area contributed by atoms with E-state index in [4.69, 9.17) is 5.11 Å². The van der Waals surface area contributed by atoms with Crippen molar-refractivity contribution in [2.24, 2.45) is 0 Å². The molecule has 0 saturated heterocycles. The first kappa shape index (κ1) is 12.9. The lowest BCUT2D eigenvalue weighted by atomic mass is 10.1. The highest BCUT2D eigenvalue weighted by atomic mass is 32.2. The van der Waals surface area contributed by atoms with Gasteiger partial charge >= 0.3 is 0 Å². The van der Waals surface area contributed by atoms with Gasteiger partial charge in [-0.2, -0.15) is 0 Å². The summed E-state index contributed by atoms with van der Waals surface area (Å²) in [6, 6.07) is 4.77. The Morgan fingerprint density at radius 1 is 1.50 bits per heavy atom. The number of fused-ring (bicyclic) bond motifs is 1. The first-order valence-electron chi connectivity index (χ1n) is 5.49. The molecule has 5 nitrogen and oxygen atoms in total. The maximum atomic E-state index is 11.8. The Morgan fingerprint density at radius 3 is 2.83 bits per heavy atom. The van der Waals surface area contributed by atoms with Gasteiger partial charge in [-0.3, -0.25) is 13.8 Å². The second kappa shape index (κ2) is 4.99. The molecule has 1 amide bonds. The minimum absolute atomic E-state index is 0.0770. The predicted molar refractivity (Wildman–Crippen MR) is 67.2 cm³/mol. The molecule has 0 bridgehead atoms. The quantitative estimate of drug-likeness (QED) is 0.801. The molecule has 0 fully saturated rings. The topological polar surface area (TPSA) is 74.7 Å². The zero-order chi connectivity index (χ0) is 13.3. The number of carbonyl (C=O) groups excluding carboxylic acids is 2. The summed E-state index contributed by atoms with van der Waals surface area (Å²) in [7, 11) is -1.38. The highest BCUT2D eigenvalue weighted by Crippen LogP contribution is 2.30. The summed E-state index contributed by atoms with van der Waals surface area (Å²) in [5, 5.41) is 8.97. The first-order chi connectivity index (χ1) is 8.54. The highest BCUT2D eigenvalue weighted by molar-refractivity contribution is 7.86. The average molecular weight is 267 g/mol. The number of rotatable bonds is 3. The molecule has 96 valence electrons.